The van der Waals surface area contributed by atoms with Gasteiger partial charge in [0.25, 0.3) is 5.56 Å². The van der Waals surface area contributed by atoms with E-state index in [9.17, 15) is 9.59 Å². The van der Waals surface area contributed by atoms with Crippen LogP contribution < -0.4 is 10.9 Å². The largest absolute Gasteiger partial charge is 0.383 e. The van der Waals surface area contributed by atoms with Crippen LogP contribution in [0.3, 0.4) is 0 Å². The van der Waals surface area contributed by atoms with Gasteiger partial charge in [0.05, 0.1) is 24.3 Å². The number of nitrogens with zero attached hydrogens (tertiary/aromatic N) is 3. The highest BCUT2D eigenvalue weighted by Crippen LogP contribution is 2.16. The third kappa shape index (κ3) is 3.83. The molecule has 0 aliphatic carbocycles. The van der Waals surface area contributed by atoms with Crippen LogP contribution in [-0.4, -0.2) is 46.5 Å². The number of carbonyl (C=O) groups excluding carboxylic acids is 1. The van der Waals surface area contributed by atoms with E-state index in [0.29, 0.717) is 35.9 Å². The Kier molecular flexibility index (Phi) is 5.91. The zero-order valence-corrected chi connectivity index (χ0v) is 13.4. The second-order valence-corrected chi connectivity index (χ2v) is 5.40. The molecule has 2 rings (SSSR count). The molecule has 1 N–H and O–H groups in total. The molecule has 0 aliphatic rings. The lowest BCUT2D eigenvalue weighted by molar-refractivity contribution is -0.118. The van der Waals surface area contributed by atoms with Crippen LogP contribution in [0.15, 0.2) is 28.3 Å². The van der Waals surface area contributed by atoms with Crippen LogP contribution in [0.4, 0.5) is 0 Å². The molecular weight excluding hydrogens is 304 g/mol. The molecule has 0 atom stereocenters. The lowest BCUT2D eigenvalue weighted by Gasteiger charge is -2.12. The van der Waals surface area contributed by atoms with Gasteiger partial charge in [-0.3, -0.25) is 14.2 Å². The number of ether oxygens (including phenoxy) is 1. The van der Waals surface area contributed by atoms with Gasteiger partial charge >= 0.3 is 0 Å². The minimum atomic E-state index is -0.173. The Bertz CT molecular complexity index is 717. The molecule has 0 saturated carbocycles. The van der Waals surface area contributed by atoms with Crippen molar-refractivity contribution in [1.29, 1.82) is 0 Å². The maximum atomic E-state index is 12.5. The maximum absolute atomic E-state index is 12.5. The van der Waals surface area contributed by atoms with Gasteiger partial charge in [-0.2, -0.15) is 0 Å². The third-order valence-electron chi connectivity index (χ3n) is 2.92. The summed E-state index contributed by atoms with van der Waals surface area (Å²) in [5.41, 5.74) is 0.216. The first-order valence-electron chi connectivity index (χ1n) is 6.91. The summed E-state index contributed by atoms with van der Waals surface area (Å²) in [7, 11) is 1.57. The first kappa shape index (κ1) is 16.4. The van der Waals surface area contributed by atoms with E-state index in [-0.39, 0.29) is 17.2 Å². The van der Waals surface area contributed by atoms with Crippen LogP contribution in [0, 0.1) is 0 Å². The topological polar surface area (TPSA) is 86.1 Å². The quantitative estimate of drug-likeness (QED) is 0.595. The molecule has 2 aromatic rings. The lowest BCUT2D eigenvalue weighted by atomic mass is 10.3. The molecule has 0 radical (unpaired) electrons. The number of aromatic nitrogens is 3. The van der Waals surface area contributed by atoms with Gasteiger partial charge in [-0.25, -0.2) is 9.97 Å². The fourth-order valence-corrected chi connectivity index (χ4v) is 2.75. The number of methoxy groups -OCH3 is 1. The highest BCUT2D eigenvalue weighted by Gasteiger charge is 2.13. The molecule has 0 bridgehead atoms. The molecule has 0 aliphatic heterocycles. The molecule has 0 spiro atoms. The Morgan fingerprint density at radius 3 is 3.05 bits per heavy atom. The monoisotopic (exact) mass is 322 g/mol. The molecular formula is C14H18N4O3S. The van der Waals surface area contributed by atoms with Gasteiger partial charge in [0.2, 0.25) is 5.91 Å². The average molecular weight is 322 g/mol. The van der Waals surface area contributed by atoms with Gasteiger partial charge in [-0.05, 0) is 19.1 Å². The van der Waals surface area contributed by atoms with Gasteiger partial charge in [-0.15, -0.1) is 0 Å². The number of nitrogens with one attached hydrogen (secondary N) is 1. The maximum Gasteiger partial charge on any atom is 0.263 e. The van der Waals surface area contributed by atoms with Crippen LogP contribution in [-0.2, 0) is 16.1 Å². The van der Waals surface area contributed by atoms with Crippen molar-refractivity contribution in [2.24, 2.45) is 0 Å². The molecule has 0 saturated heterocycles. The van der Waals surface area contributed by atoms with Crippen molar-refractivity contribution in [3.05, 3.63) is 28.7 Å². The smallest absolute Gasteiger partial charge is 0.263 e. The Labute approximate surface area is 132 Å². The predicted molar refractivity (Wildman–Crippen MR) is 85.1 cm³/mol. The van der Waals surface area contributed by atoms with Gasteiger partial charge < -0.3 is 10.1 Å². The Balaban J connectivity index is 2.36. The van der Waals surface area contributed by atoms with E-state index in [4.69, 9.17) is 4.74 Å². The molecule has 22 heavy (non-hydrogen) atoms. The zero-order chi connectivity index (χ0) is 15.9. The van der Waals surface area contributed by atoms with E-state index in [1.165, 1.54) is 16.3 Å². The first-order valence-corrected chi connectivity index (χ1v) is 7.90. The second kappa shape index (κ2) is 7.90. The number of hydrogen-bond acceptors (Lipinski definition) is 6. The van der Waals surface area contributed by atoms with Crippen molar-refractivity contribution in [3.63, 3.8) is 0 Å². The van der Waals surface area contributed by atoms with Crippen molar-refractivity contribution >= 4 is 28.7 Å². The van der Waals surface area contributed by atoms with E-state index < -0.39 is 0 Å². The van der Waals surface area contributed by atoms with E-state index in [0.717, 1.165) is 0 Å². The van der Waals surface area contributed by atoms with E-state index in [2.05, 4.69) is 15.3 Å². The fourth-order valence-electron chi connectivity index (χ4n) is 1.90. The number of amides is 1. The summed E-state index contributed by atoms with van der Waals surface area (Å²) < 4.78 is 6.57. The molecule has 1 amide bonds. The van der Waals surface area contributed by atoms with E-state index in [1.54, 1.807) is 25.4 Å². The number of fused-ring (bicyclic) bond motifs is 1. The number of hydrogen-bond donors (Lipinski definition) is 1. The van der Waals surface area contributed by atoms with Crippen molar-refractivity contribution in [2.75, 3.05) is 26.0 Å². The zero-order valence-electron chi connectivity index (χ0n) is 12.5. The number of rotatable bonds is 7. The SMILES string of the molecule is CCNC(=O)CSc1nc2ncccc2c(=O)n1CCOC. The number of carbonyl (C=O) groups is 1. The molecule has 8 heteroatoms. The van der Waals surface area contributed by atoms with Crippen molar-refractivity contribution in [3.8, 4) is 0 Å². The van der Waals surface area contributed by atoms with Gasteiger partial charge in [0.15, 0.2) is 10.8 Å². The molecule has 0 aromatic carbocycles. The molecule has 0 unspecified atom stereocenters. The summed E-state index contributed by atoms with van der Waals surface area (Å²) in [5, 5.41) is 3.65. The summed E-state index contributed by atoms with van der Waals surface area (Å²) in [6.07, 6.45) is 1.59. The van der Waals surface area contributed by atoms with E-state index >= 15 is 0 Å². The van der Waals surface area contributed by atoms with Crippen LogP contribution in [0.5, 0.6) is 0 Å². The highest BCUT2D eigenvalue weighted by molar-refractivity contribution is 7.99. The van der Waals surface area contributed by atoms with Gasteiger partial charge in [0.1, 0.15) is 0 Å². The van der Waals surface area contributed by atoms with E-state index in [1.807, 2.05) is 6.92 Å². The molecule has 118 valence electrons. The minimum Gasteiger partial charge on any atom is -0.383 e. The van der Waals surface area contributed by atoms with Crippen LogP contribution >= 0.6 is 11.8 Å². The summed E-state index contributed by atoms with van der Waals surface area (Å²) in [4.78, 5) is 32.7. The molecule has 0 fully saturated rings. The van der Waals surface area contributed by atoms with Crippen LogP contribution in [0.2, 0.25) is 0 Å². The standard InChI is InChI=1S/C14H18N4O3S/c1-3-15-11(19)9-22-14-17-12-10(5-4-6-16-12)13(20)18(14)7-8-21-2/h4-6H,3,7-9H2,1-2H3,(H,15,19). The molecule has 2 heterocycles. The number of thioether (sulfide) groups is 1. The Morgan fingerprint density at radius 1 is 1.50 bits per heavy atom. The molecule has 7 nitrogen and oxygen atoms in total. The van der Waals surface area contributed by atoms with Crippen molar-refractivity contribution in [2.45, 2.75) is 18.6 Å². The minimum absolute atomic E-state index is 0.0961. The van der Waals surface area contributed by atoms with Crippen molar-refractivity contribution < 1.29 is 9.53 Å². The molecule has 2 aromatic heterocycles. The van der Waals surface area contributed by atoms with Crippen molar-refractivity contribution in [1.82, 2.24) is 19.9 Å². The van der Waals surface area contributed by atoms with Crippen LogP contribution in [0.25, 0.3) is 11.0 Å². The van der Waals surface area contributed by atoms with Gasteiger partial charge in [0, 0.05) is 19.9 Å². The number of pyridine rings is 1. The first-order chi connectivity index (χ1) is 10.7. The normalized spacial score (nSPS) is 10.8. The summed E-state index contributed by atoms with van der Waals surface area (Å²) >= 11 is 1.22. The Hall–Kier alpha value is -1.93. The summed E-state index contributed by atoms with van der Waals surface area (Å²) in [5.74, 6) is 0.104. The second-order valence-electron chi connectivity index (χ2n) is 4.46. The average Bonchev–Trinajstić information content (AvgIpc) is 2.52. The predicted octanol–water partition coefficient (Wildman–Crippen LogP) is 0.666. The lowest BCUT2D eigenvalue weighted by Crippen LogP contribution is -2.27. The highest BCUT2D eigenvalue weighted by atomic mass is 32.2. The fraction of sp³-hybridized carbons (Fsp3) is 0.429. The summed E-state index contributed by atoms with van der Waals surface area (Å²) in [6.45, 7) is 3.20. The third-order valence-corrected chi connectivity index (χ3v) is 3.90. The Morgan fingerprint density at radius 2 is 2.32 bits per heavy atom. The van der Waals surface area contributed by atoms with Gasteiger partial charge in [-0.1, -0.05) is 11.8 Å². The summed E-state index contributed by atoms with van der Waals surface area (Å²) in [6, 6.07) is 3.40. The van der Waals surface area contributed by atoms with Crippen LogP contribution in [0.1, 0.15) is 6.92 Å².